The molecule has 2 aliphatic rings. The Bertz CT molecular complexity index is 1310. The van der Waals surface area contributed by atoms with Crippen molar-refractivity contribution in [2.24, 2.45) is 10.1 Å². The van der Waals surface area contributed by atoms with Crippen LogP contribution in [0.4, 0.5) is 0 Å². The highest BCUT2D eigenvalue weighted by atomic mass is 35.5. The van der Waals surface area contributed by atoms with E-state index < -0.39 is 5.91 Å². The van der Waals surface area contributed by atoms with E-state index in [1.165, 1.54) is 28.4 Å². The molecule has 158 valence electrons. The molecule has 0 saturated heterocycles. The lowest BCUT2D eigenvalue weighted by atomic mass is 10.1. The summed E-state index contributed by atoms with van der Waals surface area (Å²) in [7, 11) is 0. The molecule has 32 heavy (non-hydrogen) atoms. The van der Waals surface area contributed by atoms with Crippen molar-refractivity contribution in [1.29, 1.82) is 5.41 Å². The smallest absolute Gasteiger partial charge is 0.283 e. The SMILES string of the molecule is N=C1C(=Cc2ccc(-c3ccccc3Cl)o2)C(=O)N=C2SC(SCc3ccccc3)=NN12. The van der Waals surface area contributed by atoms with Gasteiger partial charge in [-0.25, -0.2) is 0 Å². The Labute approximate surface area is 197 Å². The van der Waals surface area contributed by atoms with Gasteiger partial charge in [-0.1, -0.05) is 65.8 Å². The van der Waals surface area contributed by atoms with Crippen LogP contribution >= 0.6 is 35.1 Å². The van der Waals surface area contributed by atoms with Gasteiger partial charge in [0.2, 0.25) is 5.17 Å². The second-order valence-corrected chi connectivity index (χ2v) is 9.43. The van der Waals surface area contributed by atoms with Crippen LogP contribution in [-0.2, 0) is 10.5 Å². The van der Waals surface area contributed by atoms with Crippen LogP contribution in [0.25, 0.3) is 17.4 Å². The number of amides is 1. The number of carbonyl (C=O) groups is 1. The number of rotatable bonds is 4. The number of benzene rings is 2. The summed E-state index contributed by atoms with van der Waals surface area (Å²) in [5.74, 6) is 1.24. The van der Waals surface area contributed by atoms with Gasteiger partial charge in [-0.3, -0.25) is 10.2 Å². The average Bonchev–Trinajstić information content (AvgIpc) is 3.43. The van der Waals surface area contributed by atoms with E-state index in [0.29, 0.717) is 21.7 Å². The minimum absolute atomic E-state index is 0.0292. The Hall–Kier alpha value is -3.07. The zero-order chi connectivity index (χ0) is 22.1. The molecule has 1 N–H and O–H groups in total. The second kappa shape index (κ2) is 8.82. The van der Waals surface area contributed by atoms with Gasteiger partial charge in [-0.2, -0.15) is 10.0 Å². The Kier molecular flexibility index (Phi) is 5.73. The lowest BCUT2D eigenvalue weighted by Crippen LogP contribution is -2.35. The molecule has 0 fully saturated rings. The molecule has 5 rings (SSSR count). The van der Waals surface area contributed by atoms with Crippen LogP contribution in [0.2, 0.25) is 5.02 Å². The number of halogens is 1. The van der Waals surface area contributed by atoms with Crippen LogP contribution in [0.3, 0.4) is 0 Å². The van der Waals surface area contributed by atoms with Crippen molar-refractivity contribution in [3.05, 3.63) is 88.6 Å². The van der Waals surface area contributed by atoms with Crippen LogP contribution in [0.1, 0.15) is 11.3 Å². The number of furan rings is 1. The summed E-state index contributed by atoms with van der Waals surface area (Å²) < 4.78 is 6.59. The quantitative estimate of drug-likeness (QED) is 0.457. The Morgan fingerprint density at radius 2 is 1.88 bits per heavy atom. The third-order valence-electron chi connectivity index (χ3n) is 4.69. The minimum Gasteiger partial charge on any atom is -0.457 e. The second-order valence-electron chi connectivity index (χ2n) is 6.84. The monoisotopic (exact) mass is 478 g/mol. The summed E-state index contributed by atoms with van der Waals surface area (Å²) in [5.41, 5.74) is 2.05. The van der Waals surface area contributed by atoms with E-state index in [1.807, 2.05) is 48.5 Å². The van der Waals surface area contributed by atoms with Gasteiger partial charge < -0.3 is 4.42 Å². The molecule has 2 aliphatic heterocycles. The number of thioether (sulfide) groups is 2. The van der Waals surface area contributed by atoms with Gasteiger partial charge in [-0.05, 0) is 47.7 Å². The van der Waals surface area contributed by atoms with Crippen molar-refractivity contribution < 1.29 is 9.21 Å². The van der Waals surface area contributed by atoms with Gasteiger partial charge in [0.15, 0.2) is 10.2 Å². The first kappa shape index (κ1) is 20.8. The first-order valence-electron chi connectivity index (χ1n) is 9.60. The molecule has 2 aromatic carbocycles. The van der Waals surface area contributed by atoms with Crippen LogP contribution < -0.4 is 0 Å². The van der Waals surface area contributed by atoms with Gasteiger partial charge in [-0.15, -0.1) is 5.10 Å². The van der Waals surface area contributed by atoms with Crippen molar-refractivity contribution in [2.45, 2.75) is 5.75 Å². The minimum atomic E-state index is -0.492. The number of fused-ring (bicyclic) bond motifs is 1. The molecule has 0 unspecified atom stereocenters. The lowest BCUT2D eigenvalue weighted by molar-refractivity contribution is -0.114. The predicted octanol–water partition coefficient (Wildman–Crippen LogP) is 6.11. The van der Waals surface area contributed by atoms with E-state index in [2.05, 4.69) is 10.1 Å². The van der Waals surface area contributed by atoms with Crippen LogP contribution in [0.15, 0.2) is 86.8 Å². The predicted molar refractivity (Wildman–Crippen MR) is 132 cm³/mol. The summed E-state index contributed by atoms with van der Waals surface area (Å²) in [5, 5.41) is 15.3. The number of hydrogen-bond acceptors (Lipinski definition) is 6. The van der Waals surface area contributed by atoms with Crippen LogP contribution in [0, 0.1) is 5.41 Å². The maximum Gasteiger partial charge on any atom is 0.283 e. The third-order valence-corrected chi connectivity index (χ3v) is 7.14. The first-order valence-corrected chi connectivity index (χ1v) is 11.8. The zero-order valence-electron chi connectivity index (χ0n) is 16.5. The maximum absolute atomic E-state index is 12.6. The molecule has 9 heteroatoms. The highest BCUT2D eigenvalue weighted by molar-refractivity contribution is 8.45. The van der Waals surface area contributed by atoms with Crippen molar-refractivity contribution in [2.75, 3.05) is 0 Å². The number of aliphatic imine (C=N–C) groups is 1. The summed E-state index contributed by atoms with van der Waals surface area (Å²) in [6.45, 7) is 0. The zero-order valence-corrected chi connectivity index (χ0v) is 18.9. The maximum atomic E-state index is 12.6. The van der Waals surface area contributed by atoms with Gasteiger partial charge in [0, 0.05) is 11.3 Å². The summed E-state index contributed by atoms with van der Waals surface area (Å²) >= 11 is 9.08. The number of carbonyl (C=O) groups excluding carboxylic acids is 1. The molecule has 3 aromatic rings. The van der Waals surface area contributed by atoms with Crippen molar-refractivity contribution in [3.63, 3.8) is 0 Å². The van der Waals surface area contributed by atoms with E-state index in [-0.39, 0.29) is 11.4 Å². The molecule has 0 saturated carbocycles. The van der Waals surface area contributed by atoms with E-state index >= 15 is 0 Å². The fourth-order valence-electron chi connectivity index (χ4n) is 3.13. The standard InChI is InChI=1S/C23H15ClN4O2S2/c24-18-9-5-4-8-16(18)19-11-10-15(30-19)12-17-20(25)28-22(26-21(17)29)32-23(27-28)31-13-14-6-2-1-3-7-14/h1-12,25H,13H2. The molecule has 0 spiro atoms. The fourth-order valence-corrected chi connectivity index (χ4v) is 5.24. The molecule has 1 aromatic heterocycles. The fraction of sp³-hybridized carbons (Fsp3) is 0.0435. The van der Waals surface area contributed by atoms with Gasteiger partial charge in [0.1, 0.15) is 11.5 Å². The van der Waals surface area contributed by atoms with Crippen molar-refractivity contribution in [1.82, 2.24) is 5.01 Å². The van der Waals surface area contributed by atoms with Crippen molar-refractivity contribution >= 4 is 62.5 Å². The largest absolute Gasteiger partial charge is 0.457 e. The lowest BCUT2D eigenvalue weighted by Gasteiger charge is -2.19. The van der Waals surface area contributed by atoms with Crippen LogP contribution in [-0.4, -0.2) is 26.3 Å². The molecular weight excluding hydrogens is 464 g/mol. The molecule has 3 heterocycles. The summed E-state index contributed by atoms with van der Waals surface area (Å²) in [6.07, 6.45) is 1.51. The van der Waals surface area contributed by atoms with E-state index in [1.54, 1.807) is 30.0 Å². The Morgan fingerprint density at radius 1 is 1.09 bits per heavy atom. The molecule has 6 nitrogen and oxygen atoms in total. The van der Waals surface area contributed by atoms with E-state index in [9.17, 15) is 4.79 Å². The molecule has 1 amide bonds. The molecule has 0 bridgehead atoms. The van der Waals surface area contributed by atoms with E-state index in [4.69, 9.17) is 21.4 Å². The molecule has 0 atom stereocenters. The first-order chi connectivity index (χ1) is 15.6. The van der Waals surface area contributed by atoms with Crippen molar-refractivity contribution in [3.8, 4) is 11.3 Å². The molecule has 0 aliphatic carbocycles. The van der Waals surface area contributed by atoms with Gasteiger partial charge in [0.05, 0.1) is 10.6 Å². The molecule has 0 radical (unpaired) electrons. The highest BCUT2D eigenvalue weighted by Gasteiger charge is 2.36. The number of nitrogens with one attached hydrogen (secondary N) is 1. The number of nitrogens with zero attached hydrogens (tertiary/aromatic N) is 3. The number of amidine groups is 2. The Morgan fingerprint density at radius 3 is 2.69 bits per heavy atom. The normalized spacial score (nSPS) is 16.9. The van der Waals surface area contributed by atoms with Gasteiger partial charge in [0.25, 0.3) is 5.91 Å². The average molecular weight is 479 g/mol. The number of hydrazone groups is 1. The van der Waals surface area contributed by atoms with E-state index in [0.717, 1.165) is 15.7 Å². The third kappa shape index (κ3) is 4.17. The van der Waals surface area contributed by atoms with Gasteiger partial charge >= 0.3 is 0 Å². The molecular formula is C23H15ClN4O2S2. The Balaban J connectivity index is 1.36. The summed E-state index contributed by atoms with van der Waals surface area (Å²) in [6, 6.07) is 20.9. The van der Waals surface area contributed by atoms with Crippen LogP contribution in [0.5, 0.6) is 0 Å². The highest BCUT2D eigenvalue weighted by Crippen LogP contribution is 2.34. The topological polar surface area (TPSA) is 82.0 Å². The summed E-state index contributed by atoms with van der Waals surface area (Å²) in [4.78, 5) is 16.7. The number of hydrogen-bond donors (Lipinski definition) is 1.